The molecule has 0 aromatic carbocycles. The van der Waals surface area contributed by atoms with Crippen LogP contribution < -0.4 is 0 Å². The van der Waals surface area contributed by atoms with Crippen LogP contribution in [0.3, 0.4) is 0 Å². The van der Waals surface area contributed by atoms with E-state index < -0.39 is 11.8 Å². The van der Waals surface area contributed by atoms with Gasteiger partial charge in [0, 0.05) is 18.0 Å². The average Bonchev–Trinajstić information content (AvgIpc) is 2.31. The maximum Gasteiger partial charge on any atom is 0.200 e. The van der Waals surface area contributed by atoms with Crippen molar-refractivity contribution in [2.45, 2.75) is 51.6 Å². The summed E-state index contributed by atoms with van der Waals surface area (Å²) in [5.41, 5.74) is 8.31. The number of Topliss-reactive ketones (excluding diaryl/α,β-unsaturated/α-hetero) is 1. The van der Waals surface area contributed by atoms with Crippen molar-refractivity contribution in [3.05, 3.63) is 10.4 Å². The Bertz CT molecular complexity index is 340. The van der Waals surface area contributed by atoms with E-state index >= 15 is 0 Å². The summed E-state index contributed by atoms with van der Waals surface area (Å²) >= 11 is 0. The largest absolute Gasteiger partial charge is 0.353 e. The van der Waals surface area contributed by atoms with E-state index in [4.69, 9.17) is 13.4 Å². The summed E-state index contributed by atoms with van der Waals surface area (Å²) in [7, 11) is 6.81. The molecule has 0 rings (SSSR count). The first-order chi connectivity index (χ1) is 8.40. The molecule has 6 nitrogen and oxygen atoms in total. The van der Waals surface area contributed by atoms with E-state index in [-0.39, 0.29) is 11.8 Å². The van der Waals surface area contributed by atoms with Gasteiger partial charge in [0.05, 0.1) is 6.04 Å². The highest BCUT2D eigenvalue weighted by Crippen LogP contribution is 2.12. The highest BCUT2D eigenvalue weighted by atomic mass is 16.1. The zero-order valence-corrected chi connectivity index (χ0v) is 11.2. The van der Waals surface area contributed by atoms with Crippen LogP contribution in [0.25, 0.3) is 10.4 Å². The standard InChI is InChI=1S/C11H19BN4O2/c1-8(16(3)11(12)18)6-4-5-7-10(9(2)17)14-15-13/h8,10H,4-7H2,1-3H3/t8?,10-/m0/s1. The van der Waals surface area contributed by atoms with Crippen molar-refractivity contribution in [1.82, 2.24) is 4.90 Å². The molecule has 0 aliphatic carbocycles. The molecule has 0 saturated carbocycles. The fourth-order valence-electron chi connectivity index (χ4n) is 1.59. The third-order valence-electron chi connectivity index (χ3n) is 3.02. The molecule has 0 heterocycles. The second-order valence-corrected chi connectivity index (χ2v) is 4.41. The molecule has 0 aliphatic heterocycles. The summed E-state index contributed by atoms with van der Waals surface area (Å²) in [5.74, 6) is -0.562. The summed E-state index contributed by atoms with van der Waals surface area (Å²) in [4.78, 5) is 26.2. The van der Waals surface area contributed by atoms with E-state index in [2.05, 4.69) is 10.0 Å². The van der Waals surface area contributed by atoms with E-state index in [1.54, 1.807) is 7.05 Å². The maximum absolute atomic E-state index is 11.1. The highest BCUT2D eigenvalue weighted by molar-refractivity contribution is 6.56. The van der Waals surface area contributed by atoms with Crippen LogP contribution in [0.5, 0.6) is 0 Å². The number of rotatable bonds is 8. The van der Waals surface area contributed by atoms with Gasteiger partial charge in [0.2, 0.25) is 7.85 Å². The molecular weight excluding hydrogens is 231 g/mol. The fraction of sp³-hybridized carbons (Fsp3) is 0.818. The van der Waals surface area contributed by atoms with Crippen molar-refractivity contribution in [3.8, 4) is 0 Å². The van der Waals surface area contributed by atoms with Gasteiger partial charge < -0.3 is 4.90 Å². The third kappa shape index (κ3) is 6.30. The number of hydrogen-bond donors (Lipinski definition) is 0. The minimum atomic E-state index is -0.570. The van der Waals surface area contributed by atoms with E-state index in [0.717, 1.165) is 19.3 Å². The number of carbonyl (C=O) groups excluding carboxylic acids is 2. The molecule has 0 bridgehead atoms. The summed E-state index contributed by atoms with van der Waals surface area (Å²) in [6, 6.07) is -0.503. The van der Waals surface area contributed by atoms with Crippen LogP contribution in [0.15, 0.2) is 5.11 Å². The van der Waals surface area contributed by atoms with Gasteiger partial charge in [-0.3, -0.25) is 9.59 Å². The van der Waals surface area contributed by atoms with E-state index in [9.17, 15) is 9.59 Å². The minimum absolute atomic E-state index is 0.0674. The fourth-order valence-corrected chi connectivity index (χ4v) is 1.59. The number of amides is 1. The van der Waals surface area contributed by atoms with Gasteiger partial charge in [-0.05, 0) is 32.2 Å². The topological polar surface area (TPSA) is 86.1 Å². The first kappa shape index (κ1) is 16.5. The van der Waals surface area contributed by atoms with E-state index in [1.165, 1.54) is 11.8 Å². The second-order valence-electron chi connectivity index (χ2n) is 4.41. The van der Waals surface area contributed by atoms with Crippen LogP contribution in [-0.4, -0.2) is 43.5 Å². The first-order valence-corrected chi connectivity index (χ1v) is 5.97. The van der Waals surface area contributed by atoms with Crippen molar-refractivity contribution in [1.29, 1.82) is 0 Å². The quantitative estimate of drug-likeness (QED) is 0.218. The number of ketones is 1. The van der Waals surface area contributed by atoms with E-state index in [0.29, 0.717) is 6.42 Å². The molecule has 18 heavy (non-hydrogen) atoms. The molecule has 98 valence electrons. The number of azide groups is 1. The van der Waals surface area contributed by atoms with Gasteiger partial charge in [0.15, 0.2) is 5.81 Å². The Morgan fingerprint density at radius 3 is 2.39 bits per heavy atom. The van der Waals surface area contributed by atoms with Crippen molar-refractivity contribution in [2.75, 3.05) is 7.05 Å². The van der Waals surface area contributed by atoms with Gasteiger partial charge in [-0.25, -0.2) is 0 Å². The first-order valence-electron chi connectivity index (χ1n) is 5.97. The van der Waals surface area contributed by atoms with Crippen molar-refractivity contribution in [3.63, 3.8) is 0 Å². The van der Waals surface area contributed by atoms with Crippen LogP contribution in [0.2, 0.25) is 0 Å². The Balaban J connectivity index is 3.95. The smallest absolute Gasteiger partial charge is 0.200 e. The van der Waals surface area contributed by atoms with Crippen LogP contribution >= 0.6 is 0 Å². The molecule has 0 spiro atoms. The molecule has 0 aromatic rings. The lowest BCUT2D eigenvalue weighted by molar-refractivity contribution is -0.118. The highest BCUT2D eigenvalue weighted by Gasteiger charge is 2.13. The number of carbonyl (C=O) groups is 2. The molecule has 0 aromatic heterocycles. The normalized spacial score (nSPS) is 13.3. The van der Waals surface area contributed by atoms with Crippen LogP contribution in [0.1, 0.15) is 39.5 Å². The maximum atomic E-state index is 11.1. The number of nitrogens with zero attached hydrogens (tertiary/aromatic N) is 4. The van der Waals surface area contributed by atoms with Crippen molar-refractivity contribution >= 4 is 19.4 Å². The molecule has 0 saturated heterocycles. The lowest BCUT2D eigenvalue weighted by Crippen LogP contribution is -2.34. The van der Waals surface area contributed by atoms with Crippen molar-refractivity contribution < 1.29 is 9.59 Å². The summed E-state index contributed by atoms with van der Waals surface area (Å²) in [6.45, 7) is 3.34. The van der Waals surface area contributed by atoms with Crippen LogP contribution in [0, 0.1) is 0 Å². The molecule has 2 radical (unpaired) electrons. The molecule has 0 aliphatic rings. The summed E-state index contributed by atoms with van der Waals surface area (Å²) < 4.78 is 0. The lowest BCUT2D eigenvalue weighted by Gasteiger charge is -2.24. The monoisotopic (exact) mass is 250 g/mol. The molecule has 7 heteroatoms. The van der Waals surface area contributed by atoms with Gasteiger partial charge >= 0.3 is 0 Å². The molecule has 2 atom stereocenters. The van der Waals surface area contributed by atoms with Crippen LogP contribution in [0.4, 0.5) is 4.79 Å². The van der Waals surface area contributed by atoms with Gasteiger partial charge in [-0.15, -0.1) is 0 Å². The molecule has 0 fully saturated rings. The molecule has 1 unspecified atom stereocenters. The predicted octanol–water partition coefficient (Wildman–Crippen LogP) is 2.42. The summed E-state index contributed by atoms with van der Waals surface area (Å²) in [6.07, 6.45) is 2.98. The van der Waals surface area contributed by atoms with Gasteiger partial charge in [-0.1, -0.05) is 18.0 Å². The second kappa shape index (κ2) is 8.58. The SMILES string of the molecule is [B]C(=O)N(C)C(C)CCCC[C@H](N=[N+]=[N-])C(C)=O. The lowest BCUT2D eigenvalue weighted by atomic mass is 10.0. The predicted molar refractivity (Wildman–Crippen MR) is 70.5 cm³/mol. The Morgan fingerprint density at radius 1 is 1.39 bits per heavy atom. The Labute approximate surface area is 109 Å². The van der Waals surface area contributed by atoms with Gasteiger partial charge in [-0.2, -0.15) is 0 Å². The van der Waals surface area contributed by atoms with E-state index in [1.807, 2.05) is 6.92 Å². The van der Waals surface area contributed by atoms with Gasteiger partial charge in [0.1, 0.15) is 5.78 Å². The zero-order chi connectivity index (χ0) is 14.1. The van der Waals surface area contributed by atoms with Crippen LogP contribution in [-0.2, 0) is 4.79 Å². The molecular formula is C11H19BN4O2. The average molecular weight is 250 g/mol. The Kier molecular flexibility index (Phi) is 7.87. The van der Waals surface area contributed by atoms with Crippen molar-refractivity contribution in [2.24, 2.45) is 5.11 Å². The zero-order valence-electron chi connectivity index (χ0n) is 11.2. The number of hydrogen-bond acceptors (Lipinski definition) is 3. The number of unbranched alkanes of at least 4 members (excludes halogenated alkanes) is 1. The molecule has 1 amide bonds. The Hall–Kier alpha value is -1.49. The van der Waals surface area contributed by atoms with Gasteiger partial charge in [0.25, 0.3) is 0 Å². The minimum Gasteiger partial charge on any atom is -0.353 e. The third-order valence-corrected chi connectivity index (χ3v) is 3.02. The Morgan fingerprint density at radius 2 is 1.94 bits per heavy atom. The molecule has 0 N–H and O–H groups in total. The summed E-state index contributed by atoms with van der Waals surface area (Å²) in [5, 5.41) is 3.45.